The van der Waals surface area contributed by atoms with Crippen LogP contribution in [0.5, 0.6) is 0 Å². The standard InChI is InChI=1S/C17H24N2/c1-13(2)19(4)12-17(18-3)16-10-9-14-7-5-6-8-15(14)11-16/h5-11,13,17-18H,12H2,1-4H3. The van der Waals surface area contributed by atoms with E-state index in [0.29, 0.717) is 12.1 Å². The Morgan fingerprint density at radius 2 is 1.74 bits per heavy atom. The normalized spacial score (nSPS) is 13.4. The Morgan fingerprint density at radius 1 is 1.05 bits per heavy atom. The van der Waals surface area contributed by atoms with Crippen LogP contribution in [0.2, 0.25) is 0 Å². The maximum absolute atomic E-state index is 3.43. The summed E-state index contributed by atoms with van der Waals surface area (Å²) in [4.78, 5) is 2.37. The van der Waals surface area contributed by atoms with Gasteiger partial charge in [-0.3, -0.25) is 0 Å². The first kappa shape index (κ1) is 14.0. The van der Waals surface area contributed by atoms with E-state index in [-0.39, 0.29) is 0 Å². The Bertz CT molecular complexity index is 534. The molecule has 1 N–H and O–H groups in total. The lowest BCUT2D eigenvalue weighted by Gasteiger charge is -2.27. The third-order valence-corrected chi connectivity index (χ3v) is 3.88. The Balaban J connectivity index is 2.25. The van der Waals surface area contributed by atoms with Crippen molar-refractivity contribution in [2.45, 2.75) is 25.9 Å². The van der Waals surface area contributed by atoms with Gasteiger partial charge in [0.15, 0.2) is 0 Å². The molecule has 0 fully saturated rings. The number of likely N-dealkylation sites (N-methyl/N-ethyl adjacent to an activating group) is 2. The van der Waals surface area contributed by atoms with Crippen LogP contribution in [0.1, 0.15) is 25.5 Å². The van der Waals surface area contributed by atoms with Crippen molar-refractivity contribution < 1.29 is 0 Å². The average Bonchev–Trinajstić information content (AvgIpc) is 2.43. The summed E-state index contributed by atoms with van der Waals surface area (Å²) in [6.45, 7) is 5.48. The quantitative estimate of drug-likeness (QED) is 0.881. The van der Waals surface area contributed by atoms with Gasteiger partial charge in [0.05, 0.1) is 0 Å². The molecule has 2 heteroatoms. The van der Waals surface area contributed by atoms with Gasteiger partial charge in [0.2, 0.25) is 0 Å². The van der Waals surface area contributed by atoms with Gasteiger partial charge in [-0.25, -0.2) is 0 Å². The van der Waals surface area contributed by atoms with E-state index in [1.807, 2.05) is 7.05 Å². The zero-order valence-corrected chi connectivity index (χ0v) is 12.4. The van der Waals surface area contributed by atoms with Crippen LogP contribution in [0, 0.1) is 0 Å². The van der Waals surface area contributed by atoms with Crippen LogP contribution in [0.25, 0.3) is 10.8 Å². The van der Waals surface area contributed by atoms with Crippen molar-refractivity contribution in [1.29, 1.82) is 0 Å². The summed E-state index contributed by atoms with van der Waals surface area (Å²) in [5, 5.41) is 6.04. The van der Waals surface area contributed by atoms with Crippen LogP contribution in [-0.4, -0.2) is 31.6 Å². The molecule has 2 rings (SSSR count). The SMILES string of the molecule is CNC(CN(C)C(C)C)c1ccc2ccccc2c1. The summed E-state index contributed by atoms with van der Waals surface area (Å²) in [6.07, 6.45) is 0. The fraction of sp³-hybridized carbons (Fsp3) is 0.412. The summed E-state index contributed by atoms with van der Waals surface area (Å²) in [7, 11) is 4.21. The van der Waals surface area contributed by atoms with Crippen LogP contribution in [0.15, 0.2) is 42.5 Å². The maximum Gasteiger partial charge on any atom is 0.0447 e. The van der Waals surface area contributed by atoms with Gasteiger partial charge in [0.25, 0.3) is 0 Å². The van der Waals surface area contributed by atoms with E-state index in [2.05, 4.69) is 73.6 Å². The molecule has 0 bridgehead atoms. The van der Waals surface area contributed by atoms with Crippen molar-refractivity contribution in [2.75, 3.05) is 20.6 Å². The number of hydrogen-bond acceptors (Lipinski definition) is 2. The minimum absolute atomic E-state index is 0.372. The lowest BCUT2D eigenvalue weighted by molar-refractivity contribution is 0.246. The average molecular weight is 256 g/mol. The first-order valence-corrected chi connectivity index (χ1v) is 6.98. The summed E-state index contributed by atoms with van der Waals surface area (Å²) in [5.41, 5.74) is 1.36. The van der Waals surface area contributed by atoms with Gasteiger partial charge in [-0.05, 0) is 50.3 Å². The first-order chi connectivity index (χ1) is 9.11. The monoisotopic (exact) mass is 256 g/mol. The number of nitrogens with one attached hydrogen (secondary N) is 1. The highest BCUT2D eigenvalue weighted by Crippen LogP contribution is 2.21. The molecule has 0 saturated carbocycles. The molecule has 0 saturated heterocycles. The largest absolute Gasteiger partial charge is 0.312 e. The van der Waals surface area contributed by atoms with Crippen molar-refractivity contribution in [3.05, 3.63) is 48.0 Å². The second-order valence-electron chi connectivity index (χ2n) is 5.48. The number of nitrogens with zero attached hydrogens (tertiary/aromatic N) is 1. The molecule has 0 aliphatic heterocycles. The van der Waals surface area contributed by atoms with Crippen molar-refractivity contribution in [2.24, 2.45) is 0 Å². The Morgan fingerprint density at radius 3 is 2.37 bits per heavy atom. The summed E-state index contributed by atoms with van der Waals surface area (Å²) >= 11 is 0. The molecule has 2 nitrogen and oxygen atoms in total. The molecule has 0 heterocycles. The summed E-state index contributed by atoms with van der Waals surface area (Å²) in [5.74, 6) is 0. The smallest absolute Gasteiger partial charge is 0.0447 e. The predicted octanol–water partition coefficient (Wildman–Crippen LogP) is 3.44. The number of benzene rings is 2. The van der Waals surface area contributed by atoms with Gasteiger partial charge in [0, 0.05) is 18.6 Å². The van der Waals surface area contributed by atoms with Crippen molar-refractivity contribution in [3.8, 4) is 0 Å². The molecule has 1 atom stereocenters. The first-order valence-electron chi connectivity index (χ1n) is 6.98. The van der Waals surface area contributed by atoms with E-state index < -0.39 is 0 Å². The predicted molar refractivity (Wildman–Crippen MR) is 83.5 cm³/mol. The van der Waals surface area contributed by atoms with E-state index >= 15 is 0 Å². The van der Waals surface area contributed by atoms with Crippen LogP contribution in [0.3, 0.4) is 0 Å². The maximum atomic E-state index is 3.43. The molecule has 1 unspecified atom stereocenters. The molecule has 102 valence electrons. The third kappa shape index (κ3) is 3.34. The molecular weight excluding hydrogens is 232 g/mol. The van der Waals surface area contributed by atoms with E-state index in [1.54, 1.807) is 0 Å². The summed E-state index contributed by atoms with van der Waals surface area (Å²) < 4.78 is 0. The summed E-state index contributed by atoms with van der Waals surface area (Å²) in [6, 6.07) is 16.2. The minimum Gasteiger partial charge on any atom is -0.312 e. The fourth-order valence-electron chi connectivity index (χ4n) is 2.29. The van der Waals surface area contributed by atoms with Crippen LogP contribution >= 0.6 is 0 Å². The van der Waals surface area contributed by atoms with Crippen LogP contribution in [0.4, 0.5) is 0 Å². The number of fused-ring (bicyclic) bond motifs is 1. The topological polar surface area (TPSA) is 15.3 Å². The second kappa shape index (κ2) is 6.18. The van der Waals surface area contributed by atoms with Gasteiger partial charge in [-0.15, -0.1) is 0 Å². The number of hydrogen-bond donors (Lipinski definition) is 1. The van der Waals surface area contributed by atoms with Gasteiger partial charge < -0.3 is 10.2 Å². The highest BCUT2D eigenvalue weighted by Gasteiger charge is 2.14. The molecular formula is C17H24N2. The Labute approximate surface area is 116 Å². The van der Waals surface area contributed by atoms with Gasteiger partial charge >= 0.3 is 0 Å². The second-order valence-corrected chi connectivity index (χ2v) is 5.48. The highest BCUT2D eigenvalue weighted by atomic mass is 15.1. The lowest BCUT2D eigenvalue weighted by Crippen LogP contribution is -2.35. The zero-order valence-electron chi connectivity index (χ0n) is 12.4. The van der Waals surface area contributed by atoms with Crippen molar-refractivity contribution in [1.82, 2.24) is 10.2 Å². The van der Waals surface area contributed by atoms with Crippen LogP contribution in [-0.2, 0) is 0 Å². The molecule has 0 radical (unpaired) electrons. The molecule has 0 aliphatic carbocycles. The van der Waals surface area contributed by atoms with Crippen molar-refractivity contribution in [3.63, 3.8) is 0 Å². The lowest BCUT2D eigenvalue weighted by atomic mass is 10.0. The molecule has 0 amide bonds. The Kier molecular flexibility index (Phi) is 4.56. The molecule has 0 spiro atoms. The van der Waals surface area contributed by atoms with E-state index in [0.717, 1.165) is 6.54 Å². The van der Waals surface area contributed by atoms with E-state index in [1.165, 1.54) is 16.3 Å². The molecule has 19 heavy (non-hydrogen) atoms. The Hall–Kier alpha value is -1.38. The number of rotatable bonds is 5. The molecule has 0 aliphatic rings. The fourth-order valence-corrected chi connectivity index (χ4v) is 2.29. The molecule has 2 aromatic carbocycles. The van der Waals surface area contributed by atoms with Gasteiger partial charge in [-0.1, -0.05) is 36.4 Å². The minimum atomic E-state index is 0.372. The van der Waals surface area contributed by atoms with Gasteiger partial charge in [0.1, 0.15) is 0 Å². The van der Waals surface area contributed by atoms with Crippen LogP contribution < -0.4 is 5.32 Å². The zero-order chi connectivity index (χ0) is 13.8. The van der Waals surface area contributed by atoms with Gasteiger partial charge in [-0.2, -0.15) is 0 Å². The van der Waals surface area contributed by atoms with E-state index in [9.17, 15) is 0 Å². The van der Waals surface area contributed by atoms with Crippen molar-refractivity contribution >= 4 is 10.8 Å². The van der Waals surface area contributed by atoms with E-state index in [4.69, 9.17) is 0 Å². The molecule has 0 aromatic heterocycles. The molecule has 2 aromatic rings. The third-order valence-electron chi connectivity index (χ3n) is 3.88. The highest BCUT2D eigenvalue weighted by molar-refractivity contribution is 5.83.